The Balaban J connectivity index is 2.28. The Hall–Kier alpha value is -1.62. The Bertz CT molecular complexity index is 398. The molecule has 4 nitrogen and oxygen atoms in total. The molecule has 1 aliphatic heterocycles. The van der Waals surface area contributed by atoms with Crippen LogP contribution in [-0.4, -0.2) is 26.2 Å². The van der Waals surface area contributed by atoms with E-state index in [2.05, 4.69) is 5.32 Å². The molecular formula is C11H12FNO3. The van der Waals surface area contributed by atoms with Crippen molar-refractivity contribution >= 4 is 5.91 Å². The Labute approximate surface area is 92.4 Å². The van der Waals surface area contributed by atoms with Crippen LogP contribution in [0.15, 0.2) is 18.2 Å². The number of nitrogens with one attached hydrogen (secondary N) is 1. The molecule has 1 aromatic rings. The van der Waals surface area contributed by atoms with Crippen molar-refractivity contribution < 1.29 is 18.7 Å². The van der Waals surface area contributed by atoms with Gasteiger partial charge in [0.05, 0.1) is 12.7 Å². The summed E-state index contributed by atoms with van der Waals surface area (Å²) in [6, 6.07) is 4.58. The molecule has 1 amide bonds. The molecule has 0 saturated carbocycles. The molecule has 0 bridgehead atoms. The fraction of sp³-hybridized carbons (Fsp3) is 0.364. The van der Waals surface area contributed by atoms with E-state index >= 15 is 0 Å². The van der Waals surface area contributed by atoms with Gasteiger partial charge in [0.25, 0.3) is 0 Å². The number of rotatable bonds is 2. The lowest BCUT2D eigenvalue weighted by Crippen LogP contribution is -2.39. The summed E-state index contributed by atoms with van der Waals surface area (Å²) in [6.07, 6.45) is -0.492. The number of benzene rings is 1. The molecular weight excluding hydrogens is 213 g/mol. The maximum absolute atomic E-state index is 13.6. The Morgan fingerprint density at radius 1 is 1.56 bits per heavy atom. The first-order valence-corrected chi connectivity index (χ1v) is 4.93. The lowest BCUT2D eigenvalue weighted by atomic mass is 10.1. The Kier molecular flexibility index (Phi) is 3.05. The van der Waals surface area contributed by atoms with Crippen LogP contribution in [0, 0.1) is 5.82 Å². The quantitative estimate of drug-likeness (QED) is 0.817. The highest BCUT2D eigenvalue weighted by atomic mass is 19.1. The van der Waals surface area contributed by atoms with Gasteiger partial charge in [-0.3, -0.25) is 4.79 Å². The second-order valence-electron chi connectivity index (χ2n) is 3.46. The standard InChI is InChI=1S/C11H12FNO3/c1-15-8-4-2-3-7(12)11(8)9-5-13-10(14)6-16-9/h2-4,9H,5-6H2,1H3,(H,13,14). The zero-order valence-corrected chi connectivity index (χ0v) is 8.83. The smallest absolute Gasteiger partial charge is 0.246 e. The van der Waals surface area contributed by atoms with E-state index in [1.807, 2.05) is 0 Å². The van der Waals surface area contributed by atoms with Gasteiger partial charge in [-0.15, -0.1) is 0 Å². The topological polar surface area (TPSA) is 47.6 Å². The third kappa shape index (κ3) is 1.99. The summed E-state index contributed by atoms with van der Waals surface area (Å²) in [5.74, 6) is -0.145. The average Bonchev–Trinajstić information content (AvgIpc) is 2.30. The molecule has 5 heteroatoms. The van der Waals surface area contributed by atoms with Gasteiger partial charge in [-0.1, -0.05) is 6.07 Å². The van der Waals surface area contributed by atoms with Crippen molar-refractivity contribution in [2.24, 2.45) is 0 Å². The van der Waals surface area contributed by atoms with Crippen molar-refractivity contribution in [1.29, 1.82) is 0 Å². The molecule has 1 unspecified atom stereocenters. The van der Waals surface area contributed by atoms with Crippen LogP contribution in [0.1, 0.15) is 11.7 Å². The Morgan fingerprint density at radius 3 is 3.00 bits per heavy atom. The highest BCUT2D eigenvalue weighted by Gasteiger charge is 2.25. The Morgan fingerprint density at radius 2 is 2.38 bits per heavy atom. The number of halogens is 1. The molecule has 0 radical (unpaired) electrons. The van der Waals surface area contributed by atoms with E-state index in [-0.39, 0.29) is 24.9 Å². The van der Waals surface area contributed by atoms with Gasteiger partial charge in [0, 0.05) is 6.54 Å². The molecule has 1 saturated heterocycles. The number of hydrogen-bond donors (Lipinski definition) is 1. The van der Waals surface area contributed by atoms with E-state index in [4.69, 9.17) is 9.47 Å². The SMILES string of the molecule is COc1cccc(F)c1C1CNC(=O)CO1. The molecule has 0 aromatic heterocycles. The van der Waals surface area contributed by atoms with E-state index in [9.17, 15) is 9.18 Å². The summed E-state index contributed by atoms with van der Waals surface area (Å²) in [6.45, 7) is 0.207. The van der Waals surface area contributed by atoms with Gasteiger partial charge < -0.3 is 14.8 Å². The molecule has 1 aromatic carbocycles. The molecule has 0 spiro atoms. The van der Waals surface area contributed by atoms with Gasteiger partial charge in [-0.2, -0.15) is 0 Å². The van der Waals surface area contributed by atoms with Crippen molar-refractivity contribution in [1.82, 2.24) is 5.32 Å². The molecule has 16 heavy (non-hydrogen) atoms. The second-order valence-corrected chi connectivity index (χ2v) is 3.46. The van der Waals surface area contributed by atoms with Gasteiger partial charge >= 0.3 is 0 Å². The highest BCUT2D eigenvalue weighted by Crippen LogP contribution is 2.30. The minimum Gasteiger partial charge on any atom is -0.496 e. The van der Waals surface area contributed by atoms with Crippen LogP contribution < -0.4 is 10.1 Å². The van der Waals surface area contributed by atoms with Crippen molar-refractivity contribution in [3.05, 3.63) is 29.6 Å². The lowest BCUT2D eigenvalue weighted by molar-refractivity contribution is -0.133. The van der Waals surface area contributed by atoms with E-state index in [1.165, 1.54) is 13.2 Å². The minimum atomic E-state index is -0.492. The summed E-state index contributed by atoms with van der Waals surface area (Å²) in [7, 11) is 1.47. The molecule has 0 aliphatic carbocycles. The van der Waals surface area contributed by atoms with Gasteiger partial charge in [-0.25, -0.2) is 4.39 Å². The van der Waals surface area contributed by atoms with E-state index in [0.29, 0.717) is 11.3 Å². The molecule has 1 fully saturated rings. The molecule has 1 atom stereocenters. The summed E-state index contributed by atoms with van der Waals surface area (Å²) < 4.78 is 24.0. The van der Waals surface area contributed by atoms with Crippen LogP contribution in [0.25, 0.3) is 0 Å². The minimum absolute atomic E-state index is 0.0534. The fourth-order valence-electron chi connectivity index (χ4n) is 1.69. The van der Waals surface area contributed by atoms with Gasteiger partial charge in [0.2, 0.25) is 5.91 Å². The third-order valence-corrected chi connectivity index (χ3v) is 2.46. The summed E-state index contributed by atoms with van der Waals surface area (Å²) in [4.78, 5) is 10.9. The van der Waals surface area contributed by atoms with E-state index in [1.54, 1.807) is 12.1 Å². The van der Waals surface area contributed by atoms with Gasteiger partial charge in [-0.05, 0) is 12.1 Å². The average molecular weight is 225 g/mol. The summed E-state index contributed by atoms with van der Waals surface area (Å²) >= 11 is 0. The summed E-state index contributed by atoms with van der Waals surface area (Å²) in [5.41, 5.74) is 0.352. The highest BCUT2D eigenvalue weighted by molar-refractivity contribution is 5.77. The molecule has 1 heterocycles. The maximum Gasteiger partial charge on any atom is 0.246 e. The number of methoxy groups -OCH3 is 1. The van der Waals surface area contributed by atoms with Crippen LogP contribution in [0.5, 0.6) is 5.75 Å². The lowest BCUT2D eigenvalue weighted by Gasteiger charge is -2.25. The van der Waals surface area contributed by atoms with Crippen LogP contribution in [0.4, 0.5) is 4.39 Å². The van der Waals surface area contributed by atoms with Crippen molar-refractivity contribution in [3.63, 3.8) is 0 Å². The molecule has 1 N–H and O–H groups in total. The van der Waals surface area contributed by atoms with Gasteiger partial charge in [0.1, 0.15) is 24.3 Å². The van der Waals surface area contributed by atoms with E-state index < -0.39 is 6.10 Å². The van der Waals surface area contributed by atoms with Crippen molar-refractivity contribution in [2.45, 2.75) is 6.10 Å². The van der Waals surface area contributed by atoms with Crippen LogP contribution in [-0.2, 0) is 9.53 Å². The number of hydrogen-bond acceptors (Lipinski definition) is 3. The first-order chi connectivity index (χ1) is 7.72. The third-order valence-electron chi connectivity index (χ3n) is 2.46. The molecule has 2 rings (SSSR count). The summed E-state index contributed by atoms with van der Waals surface area (Å²) in [5, 5.41) is 2.62. The largest absolute Gasteiger partial charge is 0.496 e. The fourth-order valence-corrected chi connectivity index (χ4v) is 1.69. The first-order valence-electron chi connectivity index (χ1n) is 4.93. The number of amides is 1. The van der Waals surface area contributed by atoms with Gasteiger partial charge in [0.15, 0.2) is 0 Å². The first kappa shape index (κ1) is 10.9. The molecule has 1 aliphatic rings. The van der Waals surface area contributed by atoms with Crippen LogP contribution in [0.3, 0.4) is 0 Å². The second kappa shape index (κ2) is 4.49. The van der Waals surface area contributed by atoms with Crippen LogP contribution in [0.2, 0.25) is 0 Å². The van der Waals surface area contributed by atoms with Crippen molar-refractivity contribution in [2.75, 3.05) is 20.3 Å². The van der Waals surface area contributed by atoms with Crippen molar-refractivity contribution in [3.8, 4) is 5.75 Å². The van der Waals surface area contributed by atoms with E-state index in [0.717, 1.165) is 0 Å². The predicted octanol–water partition coefficient (Wildman–Crippen LogP) is 1.02. The van der Waals surface area contributed by atoms with Crippen LogP contribution >= 0.6 is 0 Å². The monoisotopic (exact) mass is 225 g/mol. The maximum atomic E-state index is 13.6. The zero-order chi connectivity index (χ0) is 11.5. The number of carbonyl (C=O) groups excluding carboxylic acids is 1. The number of carbonyl (C=O) groups is 1. The molecule has 86 valence electrons. The number of ether oxygens (including phenoxy) is 2. The predicted molar refractivity (Wildman–Crippen MR) is 54.7 cm³/mol. The zero-order valence-electron chi connectivity index (χ0n) is 8.83. The normalized spacial score (nSPS) is 20.4. The number of morpholine rings is 1.